The molecule has 0 atom stereocenters. The van der Waals surface area contributed by atoms with Crippen LogP contribution in [-0.4, -0.2) is 50.4 Å². The number of aromatic nitrogens is 6. The lowest BCUT2D eigenvalue weighted by Crippen LogP contribution is -2.18. The van der Waals surface area contributed by atoms with Gasteiger partial charge in [0.15, 0.2) is 0 Å². The van der Waals surface area contributed by atoms with Crippen LogP contribution < -0.4 is 10.2 Å². The Balaban J connectivity index is 1.75. The van der Waals surface area contributed by atoms with E-state index in [0.717, 1.165) is 25.1 Å². The second-order valence-electron chi connectivity index (χ2n) is 6.18. The van der Waals surface area contributed by atoms with E-state index in [1.807, 2.05) is 37.2 Å². The first kappa shape index (κ1) is 19.1. The molecule has 142 valence electrons. The number of rotatable bonds is 9. The van der Waals surface area contributed by atoms with Gasteiger partial charge in [-0.05, 0) is 12.0 Å². The lowest BCUT2D eigenvalue weighted by atomic mass is 10.2. The molecule has 0 spiro atoms. The predicted octanol–water partition coefficient (Wildman–Crippen LogP) is 3.02. The molecule has 0 fully saturated rings. The average molecular weight is 385 g/mol. The molecular weight excluding hydrogens is 360 g/mol. The molecule has 0 amide bonds. The first-order valence-corrected chi connectivity index (χ1v) is 9.90. The second kappa shape index (κ2) is 9.31. The summed E-state index contributed by atoms with van der Waals surface area (Å²) < 4.78 is 1.59. The molecule has 0 saturated carbocycles. The molecular formula is C18H24N8S. The Morgan fingerprint density at radius 2 is 1.93 bits per heavy atom. The van der Waals surface area contributed by atoms with Crippen LogP contribution >= 0.6 is 11.8 Å². The summed E-state index contributed by atoms with van der Waals surface area (Å²) in [7, 11) is 3.80. The third-order valence-corrected chi connectivity index (χ3v) is 4.63. The Morgan fingerprint density at radius 3 is 2.67 bits per heavy atom. The summed E-state index contributed by atoms with van der Waals surface area (Å²) in [5, 5.41) is 8.44. The van der Waals surface area contributed by atoms with Crippen molar-refractivity contribution in [1.82, 2.24) is 29.7 Å². The van der Waals surface area contributed by atoms with Gasteiger partial charge in [-0.2, -0.15) is 19.6 Å². The predicted molar refractivity (Wildman–Crippen MR) is 108 cm³/mol. The first-order chi connectivity index (χ1) is 13.2. The average Bonchev–Trinajstić information content (AvgIpc) is 3.16. The second-order valence-corrected chi connectivity index (χ2v) is 7.12. The Bertz CT molecular complexity index is 850. The number of anilines is 2. The molecule has 0 radical (unpaired) electrons. The van der Waals surface area contributed by atoms with E-state index in [1.165, 1.54) is 5.56 Å². The maximum atomic E-state index is 4.50. The minimum Gasteiger partial charge on any atom is -0.354 e. The van der Waals surface area contributed by atoms with E-state index in [9.17, 15) is 0 Å². The molecule has 0 bridgehead atoms. The summed E-state index contributed by atoms with van der Waals surface area (Å²) in [6, 6.07) is 10.3. The van der Waals surface area contributed by atoms with Crippen molar-refractivity contribution in [2.75, 3.05) is 30.9 Å². The fourth-order valence-corrected chi connectivity index (χ4v) is 3.00. The van der Waals surface area contributed by atoms with Gasteiger partial charge in [-0.3, -0.25) is 0 Å². The third-order valence-electron chi connectivity index (χ3n) is 3.71. The molecule has 3 rings (SSSR count). The van der Waals surface area contributed by atoms with E-state index in [4.69, 9.17) is 0 Å². The van der Waals surface area contributed by atoms with Crippen molar-refractivity contribution in [2.24, 2.45) is 0 Å². The van der Waals surface area contributed by atoms with Gasteiger partial charge in [0.05, 0.1) is 0 Å². The van der Waals surface area contributed by atoms with Crippen molar-refractivity contribution < 1.29 is 0 Å². The largest absolute Gasteiger partial charge is 0.354 e. The van der Waals surface area contributed by atoms with Gasteiger partial charge in [0.1, 0.15) is 6.33 Å². The van der Waals surface area contributed by atoms with Gasteiger partial charge in [-0.15, -0.1) is 5.10 Å². The number of hydrogen-bond acceptors (Lipinski definition) is 8. The van der Waals surface area contributed by atoms with Crippen LogP contribution in [0.1, 0.15) is 25.3 Å². The molecule has 0 aliphatic rings. The molecule has 2 heterocycles. The van der Waals surface area contributed by atoms with Crippen LogP contribution in [0.25, 0.3) is 5.95 Å². The normalized spacial score (nSPS) is 10.8. The summed E-state index contributed by atoms with van der Waals surface area (Å²) >= 11 is 1.58. The molecule has 1 N–H and O–H groups in total. The Kier molecular flexibility index (Phi) is 6.59. The van der Waals surface area contributed by atoms with Crippen molar-refractivity contribution >= 4 is 23.7 Å². The highest BCUT2D eigenvalue weighted by Gasteiger charge is 2.12. The van der Waals surface area contributed by atoms with Gasteiger partial charge in [-0.25, -0.2) is 4.98 Å². The minimum atomic E-state index is 0.451. The standard InChI is InChI=1S/C18H24N8S/c1-4-5-11-19-15-21-16(25(2)3)23-17(22-15)26-13-20-18(24-26)27-12-14-9-7-6-8-10-14/h6-10,13H,4-5,11-12H2,1-3H3,(H,19,21,22,23). The minimum absolute atomic E-state index is 0.451. The molecule has 3 aromatic rings. The summed E-state index contributed by atoms with van der Waals surface area (Å²) in [6.07, 6.45) is 3.80. The molecule has 0 aliphatic carbocycles. The molecule has 27 heavy (non-hydrogen) atoms. The molecule has 0 unspecified atom stereocenters. The molecule has 0 aliphatic heterocycles. The molecule has 9 heteroatoms. The van der Waals surface area contributed by atoms with Gasteiger partial charge in [0.25, 0.3) is 5.95 Å². The fourth-order valence-electron chi connectivity index (χ4n) is 2.24. The molecule has 1 aromatic carbocycles. The maximum absolute atomic E-state index is 4.50. The number of thioether (sulfide) groups is 1. The topological polar surface area (TPSA) is 84.7 Å². The van der Waals surface area contributed by atoms with E-state index < -0.39 is 0 Å². The number of benzene rings is 1. The van der Waals surface area contributed by atoms with E-state index in [-0.39, 0.29) is 0 Å². The van der Waals surface area contributed by atoms with Crippen LogP contribution in [0.3, 0.4) is 0 Å². The van der Waals surface area contributed by atoms with Crippen LogP contribution in [0.2, 0.25) is 0 Å². The third kappa shape index (κ3) is 5.40. The maximum Gasteiger partial charge on any atom is 0.258 e. The van der Waals surface area contributed by atoms with Gasteiger partial charge < -0.3 is 10.2 Å². The van der Waals surface area contributed by atoms with Crippen molar-refractivity contribution in [2.45, 2.75) is 30.7 Å². The summed E-state index contributed by atoms with van der Waals surface area (Å²) in [5.41, 5.74) is 1.23. The van der Waals surface area contributed by atoms with Crippen molar-refractivity contribution in [3.8, 4) is 5.95 Å². The van der Waals surface area contributed by atoms with Crippen molar-refractivity contribution in [1.29, 1.82) is 0 Å². The number of hydrogen-bond donors (Lipinski definition) is 1. The first-order valence-electron chi connectivity index (χ1n) is 8.91. The van der Waals surface area contributed by atoms with Crippen LogP contribution in [0.15, 0.2) is 41.8 Å². The Labute approximate surface area is 163 Å². The van der Waals surface area contributed by atoms with Gasteiger partial charge in [0.2, 0.25) is 17.1 Å². The van der Waals surface area contributed by atoms with Gasteiger partial charge in [0, 0.05) is 26.4 Å². The van der Waals surface area contributed by atoms with E-state index in [0.29, 0.717) is 23.0 Å². The lowest BCUT2D eigenvalue weighted by molar-refractivity contribution is 0.759. The zero-order valence-electron chi connectivity index (χ0n) is 15.8. The van der Waals surface area contributed by atoms with Crippen LogP contribution in [0, 0.1) is 0 Å². The quantitative estimate of drug-likeness (QED) is 0.445. The van der Waals surface area contributed by atoms with Crippen LogP contribution in [0.5, 0.6) is 0 Å². The fraction of sp³-hybridized carbons (Fsp3) is 0.389. The SMILES string of the molecule is CCCCNc1nc(N(C)C)nc(-n2cnc(SCc3ccccc3)n2)n1. The number of nitrogens with zero attached hydrogens (tertiary/aromatic N) is 7. The monoisotopic (exact) mass is 384 g/mol. The Morgan fingerprint density at radius 1 is 1.11 bits per heavy atom. The smallest absolute Gasteiger partial charge is 0.258 e. The van der Waals surface area contributed by atoms with Crippen LogP contribution in [0.4, 0.5) is 11.9 Å². The van der Waals surface area contributed by atoms with E-state index >= 15 is 0 Å². The van der Waals surface area contributed by atoms with E-state index in [1.54, 1.807) is 22.8 Å². The lowest BCUT2D eigenvalue weighted by Gasteiger charge is -2.13. The summed E-state index contributed by atoms with van der Waals surface area (Å²) in [5.74, 6) is 2.39. The highest BCUT2D eigenvalue weighted by atomic mass is 32.2. The summed E-state index contributed by atoms with van der Waals surface area (Å²) in [6.45, 7) is 2.97. The highest BCUT2D eigenvalue weighted by molar-refractivity contribution is 7.98. The highest BCUT2D eigenvalue weighted by Crippen LogP contribution is 2.19. The van der Waals surface area contributed by atoms with Crippen molar-refractivity contribution in [3.05, 3.63) is 42.2 Å². The Hall–Kier alpha value is -2.68. The zero-order valence-corrected chi connectivity index (χ0v) is 16.6. The van der Waals surface area contributed by atoms with E-state index in [2.05, 4.69) is 49.4 Å². The van der Waals surface area contributed by atoms with Crippen LogP contribution in [-0.2, 0) is 5.75 Å². The number of nitrogens with one attached hydrogen (secondary N) is 1. The van der Waals surface area contributed by atoms with Crippen molar-refractivity contribution in [3.63, 3.8) is 0 Å². The summed E-state index contributed by atoms with van der Waals surface area (Å²) in [4.78, 5) is 19.6. The molecule has 8 nitrogen and oxygen atoms in total. The molecule has 2 aromatic heterocycles. The number of unbranched alkanes of at least 4 members (excludes halogenated alkanes) is 1. The van der Waals surface area contributed by atoms with Gasteiger partial charge >= 0.3 is 0 Å². The van der Waals surface area contributed by atoms with Gasteiger partial charge in [-0.1, -0.05) is 55.4 Å². The molecule has 0 saturated heterocycles. The zero-order chi connectivity index (χ0) is 19.1.